The average Bonchev–Trinajstić information content (AvgIpc) is 3.17. The number of nitrogens with two attached hydrogens (primary N) is 1. The number of rotatable bonds is 44. The van der Waals surface area contributed by atoms with E-state index in [9.17, 15) is 23.8 Å². The monoisotopic (exact) mass is 820 g/mol. The molecule has 0 saturated carbocycles. The summed E-state index contributed by atoms with van der Waals surface area (Å²) >= 11 is 0. The van der Waals surface area contributed by atoms with E-state index in [-0.39, 0.29) is 19.4 Å². The Morgan fingerprint density at radius 3 is 1.12 bits per heavy atom. The van der Waals surface area contributed by atoms with E-state index in [4.69, 9.17) is 24.8 Å². The van der Waals surface area contributed by atoms with Crippen LogP contribution < -0.4 is 5.73 Å². The predicted molar refractivity (Wildman–Crippen MR) is 227 cm³/mol. The van der Waals surface area contributed by atoms with Crippen LogP contribution in [-0.4, -0.2) is 59.9 Å². The number of carboxylic acids is 1. The SMILES string of the molecule is CCCCCCCCCCCCCCCCCCCCC(=O)O[C@H](COC(=O)CCCCCCCCCCCCCCCC)COP(=O)(O)OC[C@H](N)C(=O)O. The van der Waals surface area contributed by atoms with Gasteiger partial charge in [0.05, 0.1) is 13.2 Å². The van der Waals surface area contributed by atoms with Crippen LogP contribution in [0.3, 0.4) is 0 Å². The van der Waals surface area contributed by atoms with Crippen molar-refractivity contribution in [3.05, 3.63) is 0 Å². The molecule has 0 aliphatic rings. The Morgan fingerprint density at radius 2 is 0.786 bits per heavy atom. The number of esters is 2. The number of hydrogen-bond acceptors (Lipinski definition) is 9. The molecule has 4 N–H and O–H groups in total. The summed E-state index contributed by atoms with van der Waals surface area (Å²) < 4.78 is 32.7. The first-order chi connectivity index (χ1) is 27.1. The Labute approximate surface area is 342 Å². The minimum absolute atomic E-state index is 0.170. The van der Waals surface area contributed by atoms with Gasteiger partial charge in [-0.05, 0) is 12.8 Å². The van der Waals surface area contributed by atoms with Crippen LogP contribution in [0.2, 0.25) is 0 Å². The fourth-order valence-electron chi connectivity index (χ4n) is 6.71. The summed E-state index contributed by atoms with van der Waals surface area (Å²) in [5.41, 5.74) is 5.34. The Balaban J connectivity index is 4.27. The molecule has 0 aliphatic heterocycles. The number of phosphoric ester groups is 1. The third kappa shape index (κ3) is 39.3. The molecule has 0 spiro atoms. The van der Waals surface area contributed by atoms with E-state index in [1.807, 2.05) is 0 Å². The standard InChI is InChI=1S/C44H86NO10P/c1-3-5-7-9-11-13-15-17-19-20-21-22-24-26-28-30-32-34-36-43(47)55-40(38-53-56(50,51)54-39-41(45)44(48)49)37-52-42(46)35-33-31-29-27-25-23-18-16-14-12-10-8-6-4-2/h40-41H,3-39,45H2,1-2H3,(H,48,49)(H,50,51)/t40-,41+/m1/s1. The van der Waals surface area contributed by atoms with Crippen LogP contribution in [0.1, 0.15) is 232 Å². The lowest BCUT2D eigenvalue weighted by molar-refractivity contribution is -0.161. The van der Waals surface area contributed by atoms with Gasteiger partial charge in [0.15, 0.2) is 6.10 Å². The molecule has 0 aromatic heterocycles. The topological polar surface area (TPSA) is 172 Å². The number of carbonyl (C=O) groups is 3. The molecule has 332 valence electrons. The second-order valence-corrected chi connectivity index (χ2v) is 17.4. The van der Waals surface area contributed by atoms with Gasteiger partial charge in [0.1, 0.15) is 12.6 Å². The van der Waals surface area contributed by atoms with E-state index in [0.717, 1.165) is 38.5 Å². The number of aliphatic carboxylic acids is 1. The highest BCUT2D eigenvalue weighted by molar-refractivity contribution is 7.47. The van der Waals surface area contributed by atoms with Gasteiger partial charge in [-0.1, -0.05) is 206 Å². The van der Waals surface area contributed by atoms with E-state index >= 15 is 0 Å². The molecule has 0 aliphatic carbocycles. The molecular weight excluding hydrogens is 733 g/mol. The fourth-order valence-corrected chi connectivity index (χ4v) is 7.49. The quantitative estimate of drug-likeness (QED) is 0.0303. The zero-order valence-electron chi connectivity index (χ0n) is 36.0. The van der Waals surface area contributed by atoms with Gasteiger partial charge in [0.2, 0.25) is 0 Å². The first-order valence-electron chi connectivity index (χ1n) is 23.1. The second kappa shape index (κ2) is 40.3. The maximum absolute atomic E-state index is 12.6. The fraction of sp³-hybridized carbons (Fsp3) is 0.932. The molecule has 0 radical (unpaired) electrons. The molecule has 0 bridgehead atoms. The Bertz CT molecular complexity index is 968. The van der Waals surface area contributed by atoms with E-state index in [0.29, 0.717) is 12.8 Å². The summed E-state index contributed by atoms with van der Waals surface area (Å²) in [5.74, 6) is -2.36. The van der Waals surface area contributed by atoms with Gasteiger partial charge < -0.3 is 25.2 Å². The molecule has 0 heterocycles. The van der Waals surface area contributed by atoms with Crippen molar-refractivity contribution in [3.63, 3.8) is 0 Å². The normalized spacial score (nSPS) is 13.6. The zero-order valence-corrected chi connectivity index (χ0v) is 36.9. The smallest absolute Gasteiger partial charge is 0.472 e. The van der Waals surface area contributed by atoms with Gasteiger partial charge in [-0.2, -0.15) is 0 Å². The lowest BCUT2D eigenvalue weighted by Gasteiger charge is -2.20. The van der Waals surface area contributed by atoms with Crippen LogP contribution in [0, 0.1) is 0 Å². The molecule has 1 unspecified atom stereocenters. The molecule has 11 nitrogen and oxygen atoms in total. The third-order valence-corrected chi connectivity index (χ3v) is 11.3. The average molecular weight is 820 g/mol. The largest absolute Gasteiger partial charge is 0.480 e. The molecule has 12 heteroatoms. The van der Waals surface area contributed by atoms with Crippen molar-refractivity contribution in [3.8, 4) is 0 Å². The highest BCUT2D eigenvalue weighted by Crippen LogP contribution is 2.43. The highest BCUT2D eigenvalue weighted by atomic mass is 31.2. The van der Waals surface area contributed by atoms with Crippen molar-refractivity contribution < 1.29 is 47.5 Å². The maximum Gasteiger partial charge on any atom is 0.472 e. The van der Waals surface area contributed by atoms with Crippen molar-refractivity contribution >= 4 is 25.7 Å². The van der Waals surface area contributed by atoms with Crippen molar-refractivity contribution in [2.75, 3.05) is 19.8 Å². The molecule has 56 heavy (non-hydrogen) atoms. The van der Waals surface area contributed by atoms with E-state index < -0.39 is 51.1 Å². The molecule has 0 fully saturated rings. The van der Waals surface area contributed by atoms with Crippen molar-refractivity contribution in [2.24, 2.45) is 5.73 Å². The summed E-state index contributed by atoms with van der Waals surface area (Å²) in [7, 11) is -4.71. The maximum atomic E-state index is 12.6. The molecule has 0 saturated heterocycles. The molecular formula is C44H86NO10P. The minimum Gasteiger partial charge on any atom is -0.480 e. The lowest BCUT2D eigenvalue weighted by Crippen LogP contribution is -2.34. The Hall–Kier alpha value is -1.52. The van der Waals surface area contributed by atoms with E-state index in [1.54, 1.807) is 0 Å². The van der Waals surface area contributed by atoms with Gasteiger partial charge in [0, 0.05) is 12.8 Å². The zero-order chi connectivity index (χ0) is 41.4. The van der Waals surface area contributed by atoms with Gasteiger partial charge in [-0.3, -0.25) is 23.4 Å². The number of carbonyl (C=O) groups excluding carboxylic acids is 2. The van der Waals surface area contributed by atoms with Crippen molar-refractivity contribution in [1.82, 2.24) is 0 Å². The molecule has 0 rings (SSSR count). The Kier molecular flexibility index (Phi) is 39.2. The predicted octanol–water partition coefficient (Wildman–Crippen LogP) is 12.3. The Morgan fingerprint density at radius 1 is 0.482 bits per heavy atom. The highest BCUT2D eigenvalue weighted by Gasteiger charge is 2.28. The molecule has 0 aromatic rings. The van der Waals surface area contributed by atoms with Crippen LogP contribution in [0.15, 0.2) is 0 Å². The third-order valence-electron chi connectivity index (χ3n) is 10.4. The summed E-state index contributed by atoms with van der Waals surface area (Å²) in [6.45, 7) is 2.84. The van der Waals surface area contributed by atoms with Crippen molar-refractivity contribution in [2.45, 2.75) is 244 Å². The van der Waals surface area contributed by atoms with Gasteiger partial charge >= 0.3 is 25.7 Å². The molecule has 0 amide bonds. The number of carboxylic acid groups (broad SMARTS) is 1. The number of unbranched alkanes of at least 4 members (excludes halogenated alkanes) is 30. The van der Waals surface area contributed by atoms with Gasteiger partial charge in [0.25, 0.3) is 0 Å². The van der Waals surface area contributed by atoms with Gasteiger partial charge in [-0.25, -0.2) is 4.57 Å². The summed E-state index contributed by atoms with van der Waals surface area (Å²) in [6, 6.07) is -1.52. The molecule has 3 atom stereocenters. The van der Waals surface area contributed by atoms with Crippen LogP contribution in [0.4, 0.5) is 0 Å². The van der Waals surface area contributed by atoms with Crippen LogP contribution in [0.5, 0.6) is 0 Å². The number of ether oxygens (including phenoxy) is 2. The second-order valence-electron chi connectivity index (χ2n) is 15.9. The van der Waals surface area contributed by atoms with Crippen LogP contribution in [0.25, 0.3) is 0 Å². The number of phosphoric acid groups is 1. The first kappa shape index (κ1) is 54.5. The van der Waals surface area contributed by atoms with Crippen molar-refractivity contribution in [1.29, 1.82) is 0 Å². The van der Waals surface area contributed by atoms with Crippen LogP contribution in [-0.2, 0) is 37.5 Å². The number of hydrogen-bond donors (Lipinski definition) is 3. The molecule has 0 aromatic carbocycles. The first-order valence-corrected chi connectivity index (χ1v) is 24.6. The summed E-state index contributed by atoms with van der Waals surface area (Å²) in [6.07, 6.45) is 38.7. The summed E-state index contributed by atoms with van der Waals surface area (Å²) in [4.78, 5) is 46.0. The lowest BCUT2D eigenvalue weighted by atomic mass is 10.0. The van der Waals surface area contributed by atoms with E-state index in [1.165, 1.54) is 154 Å². The summed E-state index contributed by atoms with van der Waals surface area (Å²) in [5, 5.41) is 8.89. The van der Waals surface area contributed by atoms with Gasteiger partial charge in [-0.15, -0.1) is 0 Å². The van der Waals surface area contributed by atoms with E-state index in [2.05, 4.69) is 18.4 Å². The minimum atomic E-state index is -4.71. The van der Waals surface area contributed by atoms with Crippen LogP contribution >= 0.6 is 7.82 Å².